The Bertz CT molecular complexity index is 613. The van der Waals surface area contributed by atoms with Crippen LogP contribution in [0.2, 0.25) is 0 Å². The van der Waals surface area contributed by atoms with Crippen molar-refractivity contribution in [3.8, 4) is 0 Å². The summed E-state index contributed by atoms with van der Waals surface area (Å²) in [4.78, 5) is 11.3. The second kappa shape index (κ2) is 4.37. The average molecular weight is 222 g/mol. The Kier molecular flexibility index (Phi) is 2.58. The molecular weight excluding hydrogens is 210 g/mol. The lowest BCUT2D eigenvalue weighted by Crippen LogP contribution is -1.92. The number of aryl methyl sites for hydroxylation is 2. The molecule has 0 atom stereocenters. The molecule has 0 fully saturated rings. The summed E-state index contributed by atoms with van der Waals surface area (Å²) >= 11 is 0. The molecule has 0 saturated carbocycles. The zero-order valence-corrected chi connectivity index (χ0v) is 9.35. The number of nitrogens with zero attached hydrogens (tertiary/aromatic N) is 2. The van der Waals surface area contributed by atoms with Gasteiger partial charge in [-0.3, -0.25) is 0 Å². The summed E-state index contributed by atoms with van der Waals surface area (Å²) in [5.74, 6) is 0. The summed E-state index contributed by atoms with van der Waals surface area (Å²) in [5.41, 5.74) is 4.24. The van der Waals surface area contributed by atoms with Gasteiger partial charge in [0.05, 0.1) is 0 Å². The zero-order chi connectivity index (χ0) is 11.5. The lowest BCUT2D eigenvalue weighted by Gasteiger charge is -2.01. The van der Waals surface area contributed by atoms with Crippen molar-refractivity contribution in [2.24, 2.45) is 0 Å². The minimum absolute atomic E-state index is 0.800. The van der Waals surface area contributed by atoms with Crippen molar-refractivity contribution >= 4 is 11.2 Å². The van der Waals surface area contributed by atoms with E-state index >= 15 is 0 Å². The van der Waals surface area contributed by atoms with E-state index in [4.69, 9.17) is 0 Å². The number of H-pyrrole nitrogens is 1. The molecule has 17 heavy (non-hydrogen) atoms. The summed E-state index contributed by atoms with van der Waals surface area (Å²) in [6.45, 7) is 0. The SMILES string of the molecule is [c]1nc2cc(CCc3ccccc3)cnc2[nH]1. The monoisotopic (exact) mass is 222 g/mol. The molecule has 83 valence electrons. The number of nitrogens with one attached hydrogen (secondary N) is 1. The highest BCUT2D eigenvalue weighted by Gasteiger charge is 2.00. The quantitative estimate of drug-likeness (QED) is 0.740. The molecule has 1 aromatic carbocycles. The van der Waals surface area contributed by atoms with E-state index in [1.54, 1.807) is 0 Å². The molecule has 2 aromatic heterocycles. The molecule has 1 N–H and O–H groups in total. The lowest BCUT2D eigenvalue weighted by molar-refractivity contribution is 0.954. The van der Waals surface area contributed by atoms with Crippen LogP contribution in [-0.4, -0.2) is 15.0 Å². The zero-order valence-electron chi connectivity index (χ0n) is 9.35. The minimum Gasteiger partial charge on any atom is -0.320 e. The molecule has 0 spiro atoms. The smallest absolute Gasteiger partial charge is 0.175 e. The normalized spacial score (nSPS) is 10.8. The summed E-state index contributed by atoms with van der Waals surface area (Å²) < 4.78 is 0. The number of hydrogen-bond acceptors (Lipinski definition) is 2. The van der Waals surface area contributed by atoms with Crippen LogP contribution < -0.4 is 0 Å². The first kappa shape index (κ1) is 10.0. The summed E-state index contributed by atoms with van der Waals surface area (Å²) in [6, 6.07) is 12.5. The van der Waals surface area contributed by atoms with Gasteiger partial charge in [0.25, 0.3) is 0 Å². The van der Waals surface area contributed by atoms with Gasteiger partial charge in [-0.2, -0.15) is 0 Å². The van der Waals surface area contributed by atoms with Gasteiger partial charge < -0.3 is 4.98 Å². The van der Waals surface area contributed by atoms with E-state index in [1.165, 1.54) is 11.1 Å². The van der Waals surface area contributed by atoms with Gasteiger partial charge in [0, 0.05) is 6.20 Å². The van der Waals surface area contributed by atoms with Gasteiger partial charge in [0.15, 0.2) is 12.0 Å². The molecule has 3 heteroatoms. The van der Waals surface area contributed by atoms with Gasteiger partial charge in [-0.05, 0) is 30.0 Å². The second-order valence-corrected chi connectivity index (χ2v) is 4.05. The highest BCUT2D eigenvalue weighted by Crippen LogP contribution is 2.11. The predicted molar refractivity (Wildman–Crippen MR) is 66.6 cm³/mol. The second-order valence-electron chi connectivity index (χ2n) is 4.05. The van der Waals surface area contributed by atoms with Crippen LogP contribution in [0.3, 0.4) is 0 Å². The lowest BCUT2D eigenvalue weighted by atomic mass is 10.1. The van der Waals surface area contributed by atoms with Crippen LogP contribution in [0.25, 0.3) is 11.2 Å². The van der Waals surface area contributed by atoms with Crippen molar-refractivity contribution < 1.29 is 0 Å². The van der Waals surface area contributed by atoms with E-state index in [9.17, 15) is 0 Å². The fourth-order valence-electron chi connectivity index (χ4n) is 1.89. The highest BCUT2D eigenvalue weighted by molar-refractivity contribution is 5.69. The first-order valence-electron chi connectivity index (χ1n) is 5.66. The molecule has 0 aliphatic carbocycles. The van der Waals surface area contributed by atoms with E-state index in [1.807, 2.05) is 12.3 Å². The van der Waals surface area contributed by atoms with Crippen LogP contribution in [-0.2, 0) is 12.8 Å². The Labute approximate surface area is 99.5 Å². The van der Waals surface area contributed by atoms with Crippen molar-refractivity contribution in [2.75, 3.05) is 0 Å². The fourth-order valence-corrected chi connectivity index (χ4v) is 1.89. The van der Waals surface area contributed by atoms with E-state index in [2.05, 4.69) is 51.6 Å². The van der Waals surface area contributed by atoms with Crippen molar-refractivity contribution in [3.05, 3.63) is 60.0 Å². The third kappa shape index (κ3) is 2.18. The Balaban J connectivity index is 1.76. The number of hydrogen-bond donors (Lipinski definition) is 1. The number of imidazole rings is 1. The van der Waals surface area contributed by atoms with Crippen LogP contribution in [0.4, 0.5) is 0 Å². The maximum Gasteiger partial charge on any atom is 0.175 e. The number of fused-ring (bicyclic) bond motifs is 1. The fraction of sp³-hybridized carbons (Fsp3) is 0.143. The van der Waals surface area contributed by atoms with Gasteiger partial charge in [-0.15, -0.1) is 0 Å². The summed E-state index contributed by atoms with van der Waals surface area (Å²) in [6.07, 6.45) is 6.62. The molecule has 3 rings (SSSR count). The molecular formula is C14H12N3. The molecule has 1 radical (unpaired) electrons. The van der Waals surface area contributed by atoms with E-state index in [0.717, 1.165) is 24.0 Å². The average Bonchev–Trinajstić information content (AvgIpc) is 2.85. The van der Waals surface area contributed by atoms with Gasteiger partial charge in [-0.25, -0.2) is 9.97 Å². The Morgan fingerprint density at radius 3 is 2.76 bits per heavy atom. The summed E-state index contributed by atoms with van der Waals surface area (Å²) in [7, 11) is 0. The van der Waals surface area contributed by atoms with E-state index in [0.29, 0.717) is 0 Å². The number of aromatic nitrogens is 3. The maximum absolute atomic E-state index is 4.30. The highest BCUT2D eigenvalue weighted by atomic mass is 14.9. The van der Waals surface area contributed by atoms with Gasteiger partial charge >= 0.3 is 0 Å². The Morgan fingerprint density at radius 1 is 1.06 bits per heavy atom. The van der Waals surface area contributed by atoms with Gasteiger partial charge in [0.2, 0.25) is 0 Å². The molecule has 0 aliphatic heterocycles. The Morgan fingerprint density at radius 2 is 1.88 bits per heavy atom. The van der Waals surface area contributed by atoms with Crippen LogP contribution >= 0.6 is 0 Å². The molecule has 0 amide bonds. The van der Waals surface area contributed by atoms with Crippen molar-refractivity contribution in [1.82, 2.24) is 15.0 Å². The summed E-state index contributed by atoms with van der Waals surface area (Å²) in [5, 5.41) is 0. The standard InChI is InChI=1S/C14H12N3/c1-2-4-11(5-3-1)6-7-12-8-13-14(15-9-12)17-10-16-13/h1-5,8-9H,6-7H2,(H,15,16,17). The van der Waals surface area contributed by atoms with Crippen LogP contribution in [0, 0.1) is 6.33 Å². The molecule has 0 saturated heterocycles. The van der Waals surface area contributed by atoms with Crippen molar-refractivity contribution in [2.45, 2.75) is 12.8 Å². The van der Waals surface area contributed by atoms with Crippen molar-refractivity contribution in [3.63, 3.8) is 0 Å². The third-order valence-electron chi connectivity index (χ3n) is 2.82. The number of aromatic amines is 1. The molecule has 3 nitrogen and oxygen atoms in total. The predicted octanol–water partition coefficient (Wildman–Crippen LogP) is 2.54. The number of rotatable bonds is 3. The topological polar surface area (TPSA) is 41.6 Å². The number of pyridine rings is 1. The molecule has 0 unspecified atom stereocenters. The molecule has 0 aliphatic rings. The van der Waals surface area contributed by atoms with Crippen LogP contribution in [0.15, 0.2) is 42.6 Å². The maximum atomic E-state index is 4.30. The van der Waals surface area contributed by atoms with E-state index < -0.39 is 0 Å². The Hall–Kier alpha value is -2.16. The number of benzene rings is 1. The first-order valence-corrected chi connectivity index (χ1v) is 5.66. The molecule has 3 aromatic rings. The minimum atomic E-state index is 0.800. The first-order chi connectivity index (χ1) is 8.42. The third-order valence-corrected chi connectivity index (χ3v) is 2.82. The van der Waals surface area contributed by atoms with Crippen molar-refractivity contribution in [1.29, 1.82) is 0 Å². The van der Waals surface area contributed by atoms with Crippen LogP contribution in [0.5, 0.6) is 0 Å². The molecule has 2 heterocycles. The van der Waals surface area contributed by atoms with E-state index in [-0.39, 0.29) is 0 Å². The molecule has 0 bridgehead atoms. The van der Waals surface area contributed by atoms with Gasteiger partial charge in [-0.1, -0.05) is 30.3 Å². The van der Waals surface area contributed by atoms with Gasteiger partial charge in [0.1, 0.15) is 5.52 Å². The largest absolute Gasteiger partial charge is 0.320 e. The van der Waals surface area contributed by atoms with Crippen LogP contribution in [0.1, 0.15) is 11.1 Å².